The number of carbonyl (C=O) groups is 1. The third-order valence-electron chi connectivity index (χ3n) is 10.7. The summed E-state index contributed by atoms with van der Waals surface area (Å²) < 4.78 is 23.0. The van der Waals surface area contributed by atoms with Crippen molar-refractivity contribution in [1.82, 2.24) is 5.32 Å². The second kappa shape index (κ2) is 39.4. The Labute approximate surface area is 347 Å². The summed E-state index contributed by atoms with van der Waals surface area (Å²) in [6.07, 6.45) is 47.6. The van der Waals surface area contributed by atoms with Crippen LogP contribution in [0.5, 0.6) is 0 Å². The Morgan fingerprint density at radius 1 is 0.607 bits per heavy atom. The number of hydrogen-bond donors (Lipinski definition) is 2. The second-order valence-corrected chi connectivity index (χ2v) is 18.9. The van der Waals surface area contributed by atoms with Crippen LogP contribution in [0.3, 0.4) is 0 Å². The third kappa shape index (κ3) is 41.2. The van der Waals surface area contributed by atoms with Gasteiger partial charge in [-0.15, -0.1) is 0 Å². The van der Waals surface area contributed by atoms with Crippen molar-refractivity contribution in [3.63, 3.8) is 0 Å². The topological polar surface area (TPSA) is 108 Å². The van der Waals surface area contributed by atoms with E-state index in [2.05, 4.69) is 31.3 Å². The van der Waals surface area contributed by atoms with Gasteiger partial charge in [0.1, 0.15) is 13.2 Å². The average molecular weight is 813 g/mol. The highest BCUT2D eigenvalue weighted by molar-refractivity contribution is 7.45. The summed E-state index contributed by atoms with van der Waals surface area (Å²) >= 11 is 0. The number of carbonyl (C=O) groups excluding carboxylic acids is 1. The first kappa shape index (κ1) is 55.0. The number of aliphatic hydroxyl groups excluding tert-OH is 1. The van der Waals surface area contributed by atoms with Crippen molar-refractivity contribution in [3.8, 4) is 0 Å². The lowest BCUT2D eigenvalue weighted by atomic mass is 10.0. The van der Waals surface area contributed by atoms with E-state index in [9.17, 15) is 19.4 Å². The fraction of sp³-hybridized carbons (Fsp3) is 0.894. The van der Waals surface area contributed by atoms with Crippen LogP contribution in [-0.4, -0.2) is 68.5 Å². The molecular weight excluding hydrogens is 719 g/mol. The number of unbranched alkanes of at least 4 members (excludes halogenated alkanes) is 28. The van der Waals surface area contributed by atoms with Gasteiger partial charge in [0.2, 0.25) is 5.91 Å². The van der Waals surface area contributed by atoms with Crippen LogP contribution in [0.2, 0.25) is 0 Å². The first-order chi connectivity index (χ1) is 27.0. The number of aliphatic hydroxyl groups is 1. The van der Waals surface area contributed by atoms with Gasteiger partial charge in [0.05, 0.1) is 39.9 Å². The fourth-order valence-corrected chi connectivity index (χ4v) is 7.60. The van der Waals surface area contributed by atoms with Gasteiger partial charge < -0.3 is 28.8 Å². The number of allylic oxidation sites excluding steroid dienone is 3. The molecule has 56 heavy (non-hydrogen) atoms. The lowest BCUT2D eigenvalue weighted by Crippen LogP contribution is -2.45. The number of rotatable bonds is 43. The zero-order valence-electron chi connectivity index (χ0n) is 37.6. The van der Waals surface area contributed by atoms with Crippen molar-refractivity contribution in [3.05, 3.63) is 24.3 Å². The summed E-state index contributed by atoms with van der Waals surface area (Å²) in [7, 11) is 1.24. The van der Waals surface area contributed by atoms with E-state index in [0.717, 1.165) is 44.9 Å². The van der Waals surface area contributed by atoms with Gasteiger partial charge in [0.25, 0.3) is 7.82 Å². The summed E-state index contributed by atoms with van der Waals surface area (Å²) in [4.78, 5) is 24.9. The number of phosphoric ester groups is 1. The second-order valence-electron chi connectivity index (χ2n) is 17.5. The lowest BCUT2D eigenvalue weighted by molar-refractivity contribution is -0.870. The van der Waals surface area contributed by atoms with Crippen LogP contribution in [0.25, 0.3) is 0 Å². The summed E-state index contributed by atoms with van der Waals surface area (Å²) in [6, 6.07) is -0.895. The number of amides is 1. The molecule has 0 saturated carbocycles. The van der Waals surface area contributed by atoms with Crippen molar-refractivity contribution in [1.29, 1.82) is 0 Å². The van der Waals surface area contributed by atoms with Gasteiger partial charge in [0, 0.05) is 6.42 Å². The Morgan fingerprint density at radius 2 is 1.00 bits per heavy atom. The quantitative estimate of drug-likeness (QED) is 0.0275. The molecule has 0 bridgehead atoms. The monoisotopic (exact) mass is 813 g/mol. The molecule has 0 heterocycles. The van der Waals surface area contributed by atoms with E-state index >= 15 is 0 Å². The van der Waals surface area contributed by atoms with Crippen LogP contribution in [0.1, 0.15) is 219 Å². The summed E-state index contributed by atoms with van der Waals surface area (Å²) in [5.74, 6) is -0.225. The number of nitrogens with zero attached hydrogens (tertiary/aromatic N) is 1. The predicted molar refractivity (Wildman–Crippen MR) is 238 cm³/mol. The van der Waals surface area contributed by atoms with E-state index in [4.69, 9.17) is 9.05 Å². The highest BCUT2D eigenvalue weighted by Gasteiger charge is 2.23. The number of quaternary nitrogens is 1. The summed E-state index contributed by atoms with van der Waals surface area (Å²) in [5, 5.41) is 13.6. The smallest absolute Gasteiger partial charge is 0.268 e. The maximum atomic E-state index is 12.5. The molecule has 9 heteroatoms. The van der Waals surface area contributed by atoms with Gasteiger partial charge in [-0.1, -0.05) is 205 Å². The Hall–Kier alpha value is -1.02. The molecule has 0 aliphatic rings. The van der Waals surface area contributed by atoms with Crippen molar-refractivity contribution in [2.45, 2.75) is 231 Å². The molecule has 3 unspecified atom stereocenters. The Morgan fingerprint density at radius 3 is 1.45 bits per heavy atom. The van der Waals surface area contributed by atoms with Gasteiger partial charge in [-0.25, -0.2) is 0 Å². The van der Waals surface area contributed by atoms with Crippen LogP contribution < -0.4 is 10.2 Å². The van der Waals surface area contributed by atoms with Gasteiger partial charge in [-0.05, 0) is 32.1 Å². The molecule has 0 rings (SSSR count). The molecule has 8 nitrogen and oxygen atoms in total. The molecule has 0 aromatic heterocycles. The highest BCUT2D eigenvalue weighted by Crippen LogP contribution is 2.38. The minimum absolute atomic E-state index is 0.00558. The number of likely N-dealkylation sites (N-methyl/N-ethyl adjacent to an activating group) is 1. The standard InChI is InChI=1S/C47H93N2O6P/c1-6-8-10-12-13-14-15-16-17-18-19-20-21-22-23-24-25-26-27-28-29-30-31-32-33-34-35-36-37-38-40-46(50)45(48-47(51)41-39-11-9-7-2)44-55-56(52,53)54-43-42-49(3,4)5/h34-35,38,40,45-46,50H,6-33,36-37,39,41-44H2,1-5H3,(H-,48,51,52,53)/b35-34+,40-38+. The zero-order valence-corrected chi connectivity index (χ0v) is 38.5. The molecule has 0 saturated heterocycles. The molecule has 2 N–H and O–H groups in total. The first-order valence-electron chi connectivity index (χ1n) is 23.7. The van der Waals surface area contributed by atoms with E-state index < -0.39 is 26.6 Å². The van der Waals surface area contributed by atoms with Crippen molar-refractivity contribution >= 4 is 13.7 Å². The van der Waals surface area contributed by atoms with Crippen molar-refractivity contribution < 1.29 is 32.9 Å². The van der Waals surface area contributed by atoms with E-state index in [1.54, 1.807) is 6.08 Å². The molecule has 0 aliphatic heterocycles. The zero-order chi connectivity index (χ0) is 41.4. The molecule has 0 aromatic rings. The number of nitrogens with one attached hydrogen (secondary N) is 1. The van der Waals surface area contributed by atoms with E-state index in [0.29, 0.717) is 17.4 Å². The predicted octanol–water partition coefficient (Wildman–Crippen LogP) is 12.7. The average Bonchev–Trinajstić information content (AvgIpc) is 3.15. The lowest BCUT2D eigenvalue weighted by Gasteiger charge is -2.29. The molecule has 0 radical (unpaired) electrons. The van der Waals surface area contributed by atoms with Crippen LogP contribution >= 0.6 is 7.82 Å². The van der Waals surface area contributed by atoms with Gasteiger partial charge in [0.15, 0.2) is 0 Å². The SMILES string of the molecule is CCCCCCCCCCCCCCCCCCCCCCCCCC/C=C/CC/C=C/C(O)C(COP(=O)([O-])OCC[N+](C)(C)C)NC(=O)CCCCCC. The molecule has 3 atom stereocenters. The normalized spacial score (nSPS) is 14.5. The number of hydrogen-bond acceptors (Lipinski definition) is 6. The molecule has 332 valence electrons. The Balaban J connectivity index is 3.93. The van der Waals surface area contributed by atoms with E-state index in [1.807, 2.05) is 27.2 Å². The molecule has 0 aliphatic carbocycles. The molecule has 0 spiro atoms. The molecule has 1 amide bonds. The molecule has 0 aromatic carbocycles. The van der Waals surface area contributed by atoms with E-state index in [1.165, 1.54) is 154 Å². The maximum absolute atomic E-state index is 12.5. The number of phosphoric acid groups is 1. The van der Waals surface area contributed by atoms with Crippen LogP contribution in [-0.2, 0) is 18.4 Å². The first-order valence-corrected chi connectivity index (χ1v) is 25.2. The van der Waals surface area contributed by atoms with Crippen LogP contribution in [0.15, 0.2) is 24.3 Å². The van der Waals surface area contributed by atoms with E-state index in [-0.39, 0.29) is 12.5 Å². The van der Waals surface area contributed by atoms with Crippen LogP contribution in [0, 0.1) is 0 Å². The van der Waals surface area contributed by atoms with Crippen LogP contribution in [0.4, 0.5) is 0 Å². The largest absolute Gasteiger partial charge is 0.756 e. The Kier molecular flexibility index (Phi) is 38.7. The molecule has 0 fully saturated rings. The van der Waals surface area contributed by atoms with Crippen molar-refractivity contribution in [2.24, 2.45) is 0 Å². The minimum Gasteiger partial charge on any atom is -0.756 e. The van der Waals surface area contributed by atoms with Crippen molar-refractivity contribution in [2.75, 3.05) is 40.9 Å². The van der Waals surface area contributed by atoms with Gasteiger partial charge in [-0.2, -0.15) is 0 Å². The van der Waals surface area contributed by atoms with Gasteiger partial charge in [-0.3, -0.25) is 9.36 Å². The fourth-order valence-electron chi connectivity index (χ4n) is 6.87. The highest BCUT2D eigenvalue weighted by atomic mass is 31.2. The van der Waals surface area contributed by atoms with Gasteiger partial charge >= 0.3 is 0 Å². The summed E-state index contributed by atoms with van der Waals surface area (Å²) in [6.45, 7) is 4.50. The minimum atomic E-state index is -4.58. The third-order valence-corrected chi connectivity index (χ3v) is 11.6. The molecular formula is C47H93N2O6P. The summed E-state index contributed by atoms with van der Waals surface area (Å²) in [5.41, 5.74) is 0. The Bertz CT molecular complexity index is 969. The maximum Gasteiger partial charge on any atom is 0.268 e.